The van der Waals surface area contributed by atoms with Crippen molar-refractivity contribution in [3.05, 3.63) is 12.7 Å². The molecule has 0 atom stereocenters. The number of guanidine groups is 1. The summed E-state index contributed by atoms with van der Waals surface area (Å²) in [6.07, 6.45) is 9.70. The maximum Gasteiger partial charge on any atom is 0.193 e. The summed E-state index contributed by atoms with van der Waals surface area (Å²) < 4.78 is 0. The van der Waals surface area contributed by atoms with Crippen molar-refractivity contribution in [2.24, 2.45) is 4.99 Å². The zero-order chi connectivity index (χ0) is 14.8. The van der Waals surface area contributed by atoms with Gasteiger partial charge in [0, 0.05) is 39.8 Å². The van der Waals surface area contributed by atoms with E-state index in [2.05, 4.69) is 40.8 Å². The molecule has 0 bridgehead atoms. The molecule has 0 aliphatic heterocycles. The van der Waals surface area contributed by atoms with E-state index < -0.39 is 0 Å². The molecular weight excluding hydrogens is 248 g/mol. The van der Waals surface area contributed by atoms with Crippen molar-refractivity contribution in [2.75, 3.05) is 40.8 Å². The van der Waals surface area contributed by atoms with Crippen LogP contribution in [0.25, 0.3) is 0 Å². The average molecular weight is 280 g/mol. The van der Waals surface area contributed by atoms with Gasteiger partial charge in [0.15, 0.2) is 5.96 Å². The number of allylic oxidation sites excluding steroid dienone is 1. The first kappa shape index (κ1) is 17.0. The molecule has 4 heteroatoms. The fraction of sp³-hybridized carbons (Fsp3) is 0.812. The van der Waals surface area contributed by atoms with Gasteiger partial charge in [-0.25, -0.2) is 0 Å². The highest BCUT2D eigenvalue weighted by molar-refractivity contribution is 5.79. The molecule has 0 saturated heterocycles. The van der Waals surface area contributed by atoms with E-state index in [-0.39, 0.29) is 0 Å². The summed E-state index contributed by atoms with van der Waals surface area (Å²) in [5.74, 6) is 0.994. The summed E-state index contributed by atoms with van der Waals surface area (Å²) in [6, 6.07) is 0.795. The lowest BCUT2D eigenvalue weighted by Gasteiger charge is -2.26. The van der Waals surface area contributed by atoms with Gasteiger partial charge in [-0.3, -0.25) is 4.99 Å². The number of nitrogens with zero attached hydrogens (tertiary/aromatic N) is 3. The van der Waals surface area contributed by atoms with Crippen molar-refractivity contribution in [1.82, 2.24) is 15.1 Å². The molecule has 116 valence electrons. The summed E-state index contributed by atoms with van der Waals surface area (Å²) in [7, 11) is 6.19. The van der Waals surface area contributed by atoms with Gasteiger partial charge in [-0.2, -0.15) is 0 Å². The Balaban J connectivity index is 2.21. The minimum Gasteiger partial charge on any atom is -0.355 e. The maximum atomic E-state index is 4.35. The van der Waals surface area contributed by atoms with Crippen molar-refractivity contribution < 1.29 is 0 Å². The van der Waals surface area contributed by atoms with Crippen LogP contribution >= 0.6 is 0 Å². The van der Waals surface area contributed by atoms with E-state index in [0.717, 1.165) is 44.5 Å². The molecule has 0 spiro atoms. The SMILES string of the molecule is C=CCCCN(C)C(=NC)NCCN(C)C1CCCC1. The first-order valence-electron chi connectivity index (χ1n) is 7.92. The van der Waals surface area contributed by atoms with E-state index in [0.29, 0.717) is 0 Å². The number of hydrogen-bond acceptors (Lipinski definition) is 2. The van der Waals surface area contributed by atoms with Crippen LogP contribution in [0.1, 0.15) is 38.5 Å². The molecule has 0 aromatic rings. The zero-order valence-electron chi connectivity index (χ0n) is 13.6. The topological polar surface area (TPSA) is 30.9 Å². The monoisotopic (exact) mass is 280 g/mol. The summed E-state index contributed by atoms with van der Waals surface area (Å²) in [5, 5.41) is 3.46. The number of hydrogen-bond donors (Lipinski definition) is 1. The van der Waals surface area contributed by atoms with Crippen LogP contribution in [0.3, 0.4) is 0 Å². The van der Waals surface area contributed by atoms with Crippen LogP contribution in [-0.2, 0) is 0 Å². The van der Waals surface area contributed by atoms with E-state index in [1.807, 2.05) is 13.1 Å². The predicted molar refractivity (Wildman–Crippen MR) is 88.3 cm³/mol. The highest BCUT2D eigenvalue weighted by Gasteiger charge is 2.18. The van der Waals surface area contributed by atoms with Gasteiger partial charge in [0.05, 0.1) is 0 Å². The van der Waals surface area contributed by atoms with Crippen LogP contribution in [0.2, 0.25) is 0 Å². The Labute approximate surface area is 124 Å². The Morgan fingerprint density at radius 2 is 2.00 bits per heavy atom. The molecule has 1 fully saturated rings. The molecule has 0 unspecified atom stereocenters. The van der Waals surface area contributed by atoms with E-state index in [4.69, 9.17) is 0 Å². The first-order valence-corrected chi connectivity index (χ1v) is 7.92. The van der Waals surface area contributed by atoms with Crippen molar-refractivity contribution >= 4 is 5.96 Å². The molecule has 0 aromatic carbocycles. The molecule has 1 saturated carbocycles. The second-order valence-electron chi connectivity index (χ2n) is 5.75. The molecule has 0 heterocycles. The van der Waals surface area contributed by atoms with Crippen LogP contribution in [0.4, 0.5) is 0 Å². The van der Waals surface area contributed by atoms with Crippen molar-refractivity contribution in [3.63, 3.8) is 0 Å². The summed E-state index contributed by atoms with van der Waals surface area (Å²) in [6.45, 7) is 6.83. The van der Waals surface area contributed by atoms with Gasteiger partial charge in [0.25, 0.3) is 0 Å². The van der Waals surface area contributed by atoms with E-state index in [9.17, 15) is 0 Å². The van der Waals surface area contributed by atoms with Crippen molar-refractivity contribution in [1.29, 1.82) is 0 Å². The quantitative estimate of drug-likeness (QED) is 0.320. The molecule has 0 aromatic heterocycles. The summed E-state index contributed by atoms with van der Waals surface area (Å²) in [4.78, 5) is 9.03. The lowest BCUT2D eigenvalue weighted by atomic mass is 10.2. The lowest BCUT2D eigenvalue weighted by molar-refractivity contribution is 0.248. The predicted octanol–water partition coefficient (Wildman–Crippen LogP) is 2.33. The highest BCUT2D eigenvalue weighted by Crippen LogP contribution is 2.21. The first-order chi connectivity index (χ1) is 9.69. The number of unbranched alkanes of at least 4 members (excludes halogenated alkanes) is 1. The fourth-order valence-electron chi connectivity index (χ4n) is 2.84. The molecule has 20 heavy (non-hydrogen) atoms. The smallest absolute Gasteiger partial charge is 0.193 e. The van der Waals surface area contributed by atoms with Gasteiger partial charge >= 0.3 is 0 Å². The van der Waals surface area contributed by atoms with Crippen LogP contribution in [-0.4, -0.2) is 62.6 Å². The fourth-order valence-corrected chi connectivity index (χ4v) is 2.84. The molecule has 0 radical (unpaired) electrons. The number of rotatable bonds is 8. The number of likely N-dealkylation sites (N-methyl/N-ethyl adjacent to an activating group) is 1. The van der Waals surface area contributed by atoms with Gasteiger partial charge in [0.2, 0.25) is 0 Å². The normalized spacial score (nSPS) is 16.7. The van der Waals surface area contributed by atoms with Gasteiger partial charge in [-0.05, 0) is 32.7 Å². The Bertz CT molecular complexity index is 295. The van der Waals surface area contributed by atoms with Crippen molar-refractivity contribution in [2.45, 2.75) is 44.6 Å². The number of aliphatic imine (C=N–C) groups is 1. The third-order valence-electron chi connectivity index (χ3n) is 4.17. The molecule has 1 aliphatic carbocycles. The van der Waals surface area contributed by atoms with Crippen molar-refractivity contribution in [3.8, 4) is 0 Å². The van der Waals surface area contributed by atoms with Gasteiger partial charge in [0.1, 0.15) is 0 Å². The maximum absolute atomic E-state index is 4.35. The van der Waals surface area contributed by atoms with Gasteiger partial charge < -0.3 is 15.1 Å². The van der Waals surface area contributed by atoms with Crippen LogP contribution < -0.4 is 5.32 Å². The Kier molecular flexibility index (Phi) is 8.35. The van der Waals surface area contributed by atoms with Crippen LogP contribution in [0.15, 0.2) is 17.6 Å². The van der Waals surface area contributed by atoms with E-state index >= 15 is 0 Å². The highest BCUT2D eigenvalue weighted by atomic mass is 15.3. The summed E-state index contributed by atoms with van der Waals surface area (Å²) in [5.41, 5.74) is 0. The van der Waals surface area contributed by atoms with E-state index in [1.165, 1.54) is 25.7 Å². The third kappa shape index (κ3) is 5.95. The van der Waals surface area contributed by atoms with Gasteiger partial charge in [-0.1, -0.05) is 18.9 Å². The van der Waals surface area contributed by atoms with Gasteiger partial charge in [-0.15, -0.1) is 6.58 Å². The molecule has 1 N–H and O–H groups in total. The molecule has 1 rings (SSSR count). The Hall–Kier alpha value is -1.03. The minimum absolute atomic E-state index is 0.795. The molecule has 0 amide bonds. The standard InChI is InChI=1S/C16H32N4/c1-5-6-9-13-20(4)16(17-2)18-12-14-19(3)15-10-7-8-11-15/h5,15H,1,6-14H2,2-4H3,(H,17,18). The zero-order valence-corrected chi connectivity index (χ0v) is 13.6. The third-order valence-corrected chi connectivity index (χ3v) is 4.17. The average Bonchev–Trinajstić information content (AvgIpc) is 2.97. The van der Waals surface area contributed by atoms with E-state index in [1.54, 1.807) is 0 Å². The molecule has 4 nitrogen and oxygen atoms in total. The second-order valence-corrected chi connectivity index (χ2v) is 5.75. The minimum atomic E-state index is 0.795. The largest absolute Gasteiger partial charge is 0.355 e. The Morgan fingerprint density at radius 1 is 1.30 bits per heavy atom. The lowest BCUT2D eigenvalue weighted by Crippen LogP contribution is -2.43. The number of nitrogens with one attached hydrogen (secondary N) is 1. The van der Waals surface area contributed by atoms with Crippen LogP contribution in [0.5, 0.6) is 0 Å². The second kappa shape index (κ2) is 9.81. The summed E-state index contributed by atoms with van der Waals surface area (Å²) >= 11 is 0. The molecular formula is C16H32N4. The Morgan fingerprint density at radius 3 is 2.60 bits per heavy atom. The van der Waals surface area contributed by atoms with Crippen LogP contribution in [0, 0.1) is 0 Å². The molecule has 1 aliphatic rings.